The number of methoxy groups -OCH3 is 4. The van der Waals surface area contributed by atoms with Crippen LogP contribution < -0.4 is 23.7 Å². The second-order valence-electron chi connectivity index (χ2n) is 13.3. The quantitative estimate of drug-likeness (QED) is 0.105. The van der Waals surface area contributed by atoms with E-state index in [0.29, 0.717) is 45.4 Å². The Hall–Kier alpha value is -3.57. The highest BCUT2D eigenvalue weighted by Gasteiger charge is 2.53. The lowest BCUT2D eigenvalue weighted by Gasteiger charge is -2.46. The molecule has 0 bridgehead atoms. The molecular weight excluding hydrogens is 724 g/mol. The molecule has 19 nitrogen and oxygen atoms in total. The zero-order valence-electron chi connectivity index (χ0n) is 29.8. The molecule has 2 fully saturated rings. The van der Waals surface area contributed by atoms with E-state index in [9.17, 15) is 45.6 Å². The van der Waals surface area contributed by atoms with Gasteiger partial charge in [0.2, 0.25) is 12.5 Å². The van der Waals surface area contributed by atoms with Gasteiger partial charge in [-0.25, -0.2) is 0 Å². The van der Waals surface area contributed by atoms with E-state index in [-0.39, 0.29) is 6.79 Å². The van der Waals surface area contributed by atoms with Gasteiger partial charge in [-0.15, -0.1) is 0 Å². The molecule has 0 amide bonds. The number of carbonyl (C=O) groups is 1. The van der Waals surface area contributed by atoms with Gasteiger partial charge in [-0.1, -0.05) is 0 Å². The normalized spacial score (nSPS) is 35.9. The number of fused-ring (bicyclic) bond motifs is 2. The number of hydrogen-bond acceptors (Lipinski definition) is 19. The van der Waals surface area contributed by atoms with Gasteiger partial charge in [0, 0.05) is 18.4 Å². The molecule has 54 heavy (non-hydrogen) atoms. The smallest absolute Gasteiger partial charge is 0.310 e. The summed E-state index contributed by atoms with van der Waals surface area (Å²) >= 11 is 0. The van der Waals surface area contributed by atoms with Gasteiger partial charge < -0.3 is 88.2 Å². The summed E-state index contributed by atoms with van der Waals surface area (Å²) in [6, 6.07) is 6.61. The zero-order chi connectivity index (χ0) is 39.0. The second kappa shape index (κ2) is 16.7. The Morgan fingerprint density at radius 2 is 1.28 bits per heavy atom. The van der Waals surface area contributed by atoms with Crippen molar-refractivity contribution < 1.29 is 93.0 Å². The lowest BCUT2D eigenvalue weighted by molar-refractivity contribution is -0.339. The van der Waals surface area contributed by atoms with Crippen molar-refractivity contribution in [1.82, 2.24) is 0 Å². The van der Waals surface area contributed by atoms with Crippen LogP contribution in [0.3, 0.4) is 0 Å². The van der Waals surface area contributed by atoms with E-state index in [0.717, 1.165) is 0 Å². The molecule has 0 unspecified atom stereocenters. The fourth-order valence-corrected chi connectivity index (χ4v) is 7.55. The summed E-state index contributed by atoms with van der Waals surface area (Å²) < 4.78 is 56.6. The van der Waals surface area contributed by atoms with E-state index in [1.54, 1.807) is 24.3 Å². The Morgan fingerprint density at radius 1 is 0.704 bits per heavy atom. The van der Waals surface area contributed by atoms with E-state index >= 15 is 0 Å². The lowest BCUT2D eigenvalue weighted by Crippen LogP contribution is -2.62. The molecule has 0 spiro atoms. The van der Waals surface area contributed by atoms with Crippen molar-refractivity contribution in [3.8, 4) is 28.7 Å². The average Bonchev–Trinajstić information content (AvgIpc) is 3.65. The monoisotopic (exact) mass is 770 g/mol. The molecule has 1 aliphatic carbocycles. The molecule has 300 valence electrons. The Bertz CT molecular complexity index is 1600. The number of carbonyl (C=O) groups excluding carboxylic acids is 1. The topological polar surface area (TPSA) is 271 Å². The van der Waals surface area contributed by atoms with Gasteiger partial charge in [0.1, 0.15) is 48.8 Å². The highest BCUT2D eigenvalue weighted by Crippen LogP contribution is 2.55. The fourth-order valence-electron chi connectivity index (χ4n) is 7.55. The summed E-state index contributed by atoms with van der Waals surface area (Å²) in [4.78, 5) is 13.8. The summed E-state index contributed by atoms with van der Waals surface area (Å²) in [5, 5.41) is 84.1. The maximum absolute atomic E-state index is 13.8. The minimum Gasteiger partial charge on any atom is -0.493 e. The first-order valence-corrected chi connectivity index (χ1v) is 17.1. The predicted molar refractivity (Wildman–Crippen MR) is 177 cm³/mol. The fraction of sp³-hybridized carbons (Fsp3) is 0.629. The van der Waals surface area contributed by atoms with Gasteiger partial charge in [0.25, 0.3) is 0 Å². The average molecular weight is 771 g/mol. The van der Waals surface area contributed by atoms with Crippen LogP contribution in [0.5, 0.6) is 28.7 Å². The number of aliphatic hydroxyl groups excluding tert-OH is 8. The first-order chi connectivity index (χ1) is 25.9. The van der Waals surface area contributed by atoms with Crippen LogP contribution in [-0.2, 0) is 28.5 Å². The molecule has 3 aliphatic heterocycles. The van der Waals surface area contributed by atoms with Gasteiger partial charge >= 0.3 is 5.97 Å². The van der Waals surface area contributed by atoms with Crippen molar-refractivity contribution in [1.29, 1.82) is 0 Å². The molecule has 2 aromatic carbocycles. The van der Waals surface area contributed by atoms with Gasteiger partial charge in [-0.2, -0.15) is 0 Å². The van der Waals surface area contributed by atoms with Crippen LogP contribution in [0.15, 0.2) is 24.3 Å². The predicted octanol–water partition coefficient (Wildman–Crippen LogP) is -2.33. The third-order valence-electron chi connectivity index (χ3n) is 10.4. The van der Waals surface area contributed by atoms with Crippen LogP contribution in [0.1, 0.15) is 28.7 Å². The first-order valence-electron chi connectivity index (χ1n) is 17.1. The zero-order valence-corrected chi connectivity index (χ0v) is 29.8. The minimum atomic E-state index is -1.87. The second-order valence-corrected chi connectivity index (χ2v) is 13.3. The van der Waals surface area contributed by atoms with Crippen molar-refractivity contribution in [3.63, 3.8) is 0 Å². The number of aliphatic hydroxyl groups is 8. The molecule has 6 rings (SSSR count). The van der Waals surface area contributed by atoms with Crippen LogP contribution >= 0.6 is 0 Å². The van der Waals surface area contributed by atoms with E-state index in [1.807, 2.05) is 0 Å². The van der Waals surface area contributed by atoms with Crippen molar-refractivity contribution >= 4 is 5.97 Å². The molecule has 19 heteroatoms. The summed E-state index contributed by atoms with van der Waals surface area (Å²) in [6.07, 6.45) is -18.0. The van der Waals surface area contributed by atoms with E-state index in [2.05, 4.69) is 0 Å². The van der Waals surface area contributed by atoms with Gasteiger partial charge in [0.05, 0.1) is 53.7 Å². The van der Waals surface area contributed by atoms with Crippen LogP contribution in [-0.4, -0.2) is 163 Å². The van der Waals surface area contributed by atoms with E-state index in [1.165, 1.54) is 28.4 Å². The molecular formula is C35H46O19. The molecule has 2 saturated heterocycles. The van der Waals surface area contributed by atoms with Gasteiger partial charge in [-0.05, 0) is 41.0 Å². The Morgan fingerprint density at radius 3 is 1.83 bits per heavy atom. The molecule has 0 aromatic heterocycles. The van der Waals surface area contributed by atoms with E-state index < -0.39 is 111 Å². The van der Waals surface area contributed by atoms with E-state index in [4.69, 9.17) is 47.4 Å². The van der Waals surface area contributed by atoms with Crippen LogP contribution in [0.25, 0.3) is 0 Å². The molecule has 3 heterocycles. The van der Waals surface area contributed by atoms with Crippen LogP contribution in [0.4, 0.5) is 0 Å². The third-order valence-corrected chi connectivity index (χ3v) is 10.4. The summed E-state index contributed by atoms with van der Waals surface area (Å²) in [7, 11) is 5.52. The highest BCUT2D eigenvalue weighted by molar-refractivity contribution is 5.77. The Kier molecular flexibility index (Phi) is 12.4. The molecule has 8 N–H and O–H groups in total. The number of rotatable bonds is 12. The summed E-state index contributed by atoms with van der Waals surface area (Å²) in [5.74, 6) is -2.28. The largest absolute Gasteiger partial charge is 0.493 e. The first kappa shape index (κ1) is 40.1. The lowest BCUT2D eigenvalue weighted by atomic mass is 9.65. The number of benzene rings is 2. The van der Waals surface area contributed by atoms with Crippen molar-refractivity contribution in [2.24, 2.45) is 11.8 Å². The third kappa shape index (κ3) is 7.15. The maximum atomic E-state index is 13.8. The Balaban J connectivity index is 1.37. The number of ether oxygens (including phenoxy) is 10. The maximum Gasteiger partial charge on any atom is 0.310 e. The van der Waals surface area contributed by atoms with Crippen LogP contribution in [0, 0.1) is 11.8 Å². The van der Waals surface area contributed by atoms with Crippen molar-refractivity contribution in [2.75, 3.05) is 55.1 Å². The Labute approximate surface area is 309 Å². The van der Waals surface area contributed by atoms with Crippen LogP contribution in [0.2, 0.25) is 0 Å². The van der Waals surface area contributed by atoms with Crippen molar-refractivity contribution in [3.05, 3.63) is 41.0 Å². The summed E-state index contributed by atoms with van der Waals surface area (Å²) in [5.41, 5.74) is 1.38. The van der Waals surface area contributed by atoms with Gasteiger partial charge in [0.15, 0.2) is 35.6 Å². The molecule has 0 saturated carbocycles. The number of hydrogen-bond donors (Lipinski definition) is 8. The highest BCUT2D eigenvalue weighted by atomic mass is 16.7. The standard InChI is InChI=1S/C35H46O19/c1-45-19-5-13(6-20(46-2)32(19)47-3)23-14-7-17-18(51-12-50-17)8-15(14)31(16(9-36)24(23)33(44)48-4)54-35-30(43)28(41)26(39)22(53-35)11-49-34-29(42)27(40)25(38)21(10-37)52-34/h5-8,16,21-31,34-43H,9-12H2,1-4H3/t16-,21+,22+,23+,24-,25+,26+,27-,28-,29+,30+,31+,34+,35-/m0/s1. The van der Waals surface area contributed by atoms with Crippen molar-refractivity contribution in [2.45, 2.75) is 73.4 Å². The number of esters is 1. The molecule has 14 atom stereocenters. The van der Waals surface area contributed by atoms with Gasteiger partial charge in [-0.3, -0.25) is 4.79 Å². The molecule has 2 aromatic rings. The minimum absolute atomic E-state index is 0.104. The summed E-state index contributed by atoms with van der Waals surface area (Å²) in [6.45, 7) is -2.08. The SMILES string of the molecule is COC(=O)[C@@H]1[C@H](c2cc(OC)c(OC)c(OC)c2)c2cc3c(cc2[C@@H](O[C@@H]2O[C@H](CO[C@@H]4O[C@H](CO)[C@@H](O)[C@H](O)[C@H]4O)[C@@H](O)[C@H](O)[C@H]2O)[C@H]1CO)OCO3. The molecule has 4 aliphatic rings. The molecule has 0 radical (unpaired) electrons.